The molecule has 6 rings (SSSR count). The van der Waals surface area contributed by atoms with Crippen LogP contribution in [0.5, 0.6) is 11.5 Å². The summed E-state index contributed by atoms with van der Waals surface area (Å²) in [5.74, 6) is 0.138. The number of hydrogen-bond acceptors (Lipinski definition) is 9. The molecule has 2 aromatic rings. The van der Waals surface area contributed by atoms with E-state index in [2.05, 4.69) is 10.2 Å². The quantitative estimate of drug-likeness (QED) is 0.616. The molecule has 0 aliphatic carbocycles. The molecule has 0 radical (unpaired) electrons. The molecular formula is C28H36N2O7. The summed E-state index contributed by atoms with van der Waals surface area (Å²) in [6.07, 6.45) is 3.65. The summed E-state index contributed by atoms with van der Waals surface area (Å²) in [7, 11) is 1.37. The third-order valence-electron chi connectivity index (χ3n) is 7.22. The highest BCUT2D eigenvalue weighted by molar-refractivity contribution is 5.93. The Bertz CT molecular complexity index is 1020. The van der Waals surface area contributed by atoms with Crippen molar-refractivity contribution in [1.29, 1.82) is 0 Å². The van der Waals surface area contributed by atoms with Gasteiger partial charge in [-0.3, -0.25) is 0 Å². The van der Waals surface area contributed by atoms with Crippen molar-refractivity contribution in [2.75, 3.05) is 64.6 Å². The van der Waals surface area contributed by atoms with Gasteiger partial charge in [-0.05, 0) is 24.3 Å². The van der Waals surface area contributed by atoms with Gasteiger partial charge >= 0.3 is 5.97 Å². The van der Waals surface area contributed by atoms with Crippen molar-refractivity contribution in [2.24, 2.45) is 0 Å². The molecule has 1 N–H and O–H groups in total. The van der Waals surface area contributed by atoms with E-state index in [1.807, 2.05) is 42.5 Å². The van der Waals surface area contributed by atoms with Gasteiger partial charge in [0.1, 0.15) is 17.1 Å². The number of para-hydroxylation sites is 1. The van der Waals surface area contributed by atoms with Crippen LogP contribution in [0.2, 0.25) is 0 Å². The van der Waals surface area contributed by atoms with E-state index in [1.54, 1.807) is 6.07 Å². The maximum Gasteiger partial charge on any atom is 0.341 e. The number of rotatable bonds is 4. The SMILES string of the molecule is C1CC2(CCN1)OCCO2.COC(=O)c1ccc(N2CCC3(CC2)OCCO3)cc1Oc1ccccc1. The average Bonchev–Trinajstić information content (AvgIpc) is 3.60. The van der Waals surface area contributed by atoms with E-state index in [0.717, 1.165) is 70.8 Å². The van der Waals surface area contributed by atoms with Gasteiger partial charge in [0, 0.05) is 63.6 Å². The van der Waals surface area contributed by atoms with Crippen molar-refractivity contribution in [1.82, 2.24) is 5.32 Å². The van der Waals surface area contributed by atoms with Crippen LogP contribution in [0.4, 0.5) is 5.69 Å². The van der Waals surface area contributed by atoms with Crippen molar-refractivity contribution < 1.29 is 33.2 Å². The minimum Gasteiger partial charge on any atom is -0.465 e. The molecule has 0 atom stereocenters. The molecule has 37 heavy (non-hydrogen) atoms. The standard InChI is InChI=1S/C21H23NO5.C7H13NO2/c1-24-20(23)18-8-7-16(15-19(18)27-17-5-3-2-4-6-17)22-11-9-21(10-12-22)25-13-14-26-21;1-3-8-4-2-7(1)9-5-6-10-7/h2-8,15H,9-14H2,1H3;8H,1-6H2. The molecule has 0 amide bonds. The zero-order valence-corrected chi connectivity index (χ0v) is 21.4. The first kappa shape index (κ1) is 25.9. The topological polar surface area (TPSA) is 87.7 Å². The number of esters is 1. The first-order valence-electron chi connectivity index (χ1n) is 13.1. The van der Waals surface area contributed by atoms with Gasteiger partial charge < -0.3 is 38.6 Å². The number of hydrogen-bond donors (Lipinski definition) is 1. The van der Waals surface area contributed by atoms with Crippen LogP contribution < -0.4 is 15.0 Å². The Morgan fingerprint density at radius 3 is 2.03 bits per heavy atom. The number of carbonyl (C=O) groups excluding carboxylic acids is 1. The predicted molar refractivity (Wildman–Crippen MR) is 137 cm³/mol. The molecule has 4 heterocycles. The van der Waals surface area contributed by atoms with Crippen LogP contribution in [0, 0.1) is 0 Å². The van der Waals surface area contributed by atoms with E-state index in [4.69, 9.17) is 28.4 Å². The predicted octanol–water partition coefficient (Wildman–Crippen LogP) is 3.72. The van der Waals surface area contributed by atoms with Crippen LogP contribution >= 0.6 is 0 Å². The molecule has 200 valence electrons. The normalized spacial score (nSPS) is 21.9. The molecule has 0 bridgehead atoms. The highest BCUT2D eigenvalue weighted by atomic mass is 16.7. The molecule has 0 saturated carbocycles. The van der Waals surface area contributed by atoms with Crippen molar-refractivity contribution >= 4 is 11.7 Å². The van der Waals surface area contributed by atoms with Crippen LogP contribution in [0.25, 0.3) is 0 Å². The van der Waals surface area contributed by atoms with Crippen LogP contribution in [0.3, 0.4) is 0 Å². The molecule has 2 aromatic carbocycles. The summed E-state index contributed by atoms with van der Waals surface area (Å²) in [4.78, 5) is 14.4. The van der Waals surface area contributed by atoms with Gasteiger partial charge in [-0.2, -0.15) is 0 Å². The van der Waals surface area contributed by atoms with Crippen molar-refractivity contribution in [2.45, 2.75) is 37.3 Å². The maximum atomic E-state index is 12.1. The summed E-state index contributed by atoms with van der Waals surface area (Å²) in [5.41, 5.74) is 1.41. The Balaban J connectivity index is 0.000000233. The number of ether oxygens (including phenoxy) is 6. The fraction of sp³-hybridized carbons (Fsp3) is 0.536. The zero-order valence-electron chi connectivity index (χ0n) is 21.4. The number of benzene rings is 2. The van der Waals surface area contributed by atoms with E-state index in [1.165, 1.54) is 7.11 Å². The lowest BCUT2D eigenvalue weighted by atomic mass is 10.0. The van der Waals surface area contributed by atoms with Crippen LogP contribution in [0.15, 0.2) is 48.5 Å². The minimum absolute atomic E-state index is 0.189. The van der Waals surface area contributed by atoms with Gasteiger partial charge in [0.2, 0.25) is 0 Å². The highest BCUT2D eigenvalue weighted by Crippen LogP contribution is 2.36. The lowest BCUT2D eigenvalue weighted by Gasteiger charge is -2.38. The van der Waals surface area contributed by atoms with Gasteiger partial charge in [0.25, 0.3) is 0 Å². The van der Waals surface area contributed by atoms with Crippen molar-refractivity contribution in [3.05, 3.63) is 54.1 Å². The van der Waals surface area contributed by atoms with Crippen LogP contribution in [-0.2, 0) is 23.7 Å². The lowest BCUT2D eigenvalue weighted by molar-refractivity contribution is -0.172. The van der Waals surface area contributed by atoms with Gasteiger partial charge in [-0.1, -0.05) is 18.2 Å². The molecule has 9 heteroatoms. The van der Waals surface area contributed by atoms with Gasteiger partial charge in [-0.15, -0.1) is 0 Å². The number of nitrogens with zero attached hydrogens (tertiary/aromatic N) is 1. The average molecular weight is 513 g/mol. The largest absolute Gasteiger partial charge is 0.465 e. The summed E-state index contributed by atoms with van der Waals surface area (Å²) < 4.78 is 33.5. The lowest BCUT2D eigenvalue weighted by Crippen LogP contribution is -2.45. The molecule has 2 spiro atoms. The van der Waals surface area contributed by atoms with E-state index in [0.29, 0.717) is 30.3 Å². The maximum absolute atomic E-state index is 12.1. The molecule has 4 fully saturated rings. The fourth-order valence-electron chi connectivity index (χ4n) is 5.17. The number of piperidine rings is 2. The minimum atomic E-state index is -0.419. The first-order chi connectivity index (χ1) is 18.1. The van der Waals surface area contributed by atoms with E-state index >= 15 is 0 Å². The number of anilines is 1. The number of methoxy groups -OCH3 is 1. The summed E-state index contributed by atoms with van der Waals surface area (Å²) in [5, 5.41) is 3.28. The van der Waals surface area contributed by atoms with E-state index in [-0.39, 0.29) is 5.79 Å². The van der Waals surface area contributed by atoms with Gasteiger partial charge in [-0.25, -0.2) is 4.79 Å². The molecule has 0 aromatic heterocycles. The number of nitrogens with one attached hydrogen (secondary N) is 1. The fourth-order valence-corrected chi connectivity index (χ4v) is 5.17. The summed E-state index contributed by atoms with van der Waals surface area (Å²) in [6, 6.07) is 15.0. The second-order valence-electron chi connectivity index (χ2n) is 9.54. The van der Waals surface area contributed by atoms with Crippen molar-refractivity contribution in [3.8, 4) is 11.5 Å². The highest BCUT2D eigenvalue weighted by Gasteiger charge is 2.40. The van der Waals surface area contributed by atoms with E-state index in [9.17, 15) is 4.79 Å². The zero-order chi connectivity index (χ0) is 25.6. The number of carbonyl (C=O) groups is 1. The third kappa shape index (κ3) is 6.25. The molecular weight excluding hydrogens is 476 g/mol. The van der Waals surface area contributed by atoms with E-state index < -0.39 is 11.8 Å². The monoisotopic (exact) mass is 512 g/mol. The second-order valence-corrected chi connectivity index (χ2v) is 9.54. The molecule has 9 nitrogen and oxygen atoms in total. The van der Waals surface area contributed by atoms with Crippen molar-refractivity contribution in [3.63, 3.8) is 0 Å². The molecule has 4 saturated heterocycles. The van der Waals surface area contributed by atoms with Crippen LogP contribution in [0.1, 0.15) is 36.0 Å². The second kappa shape index (κ2) is 11.8. The Labute approximate surface area is 217 Å². The Morgan fingerprint density at radius 2 is 1.43 bits per heavy atom. The Hall–Kier alpha value is -2.69. The summed E-state index contributed by atoms with van der Waals surface area (Å²) >= 11 is 0. The first-order valence-corrected chi connectivity index (χ1v) is 13.1. The van der Waals surface area contributed by atoms with Crippen LogP contribution in [-0.4, -0.2) is 77.3 Å². The molecule has 4 aliphatic rings. The Morgan fingerprint density at radius 1 is 0.838 bits per heavy atom. The smallest absolute Gasteiger partial charge is 0.341 e. The molecule has 0 unspecified atom stereocenters. The van der Waals surface area contributed by atoms with Gasteiger partial charge in [0.05, 0.1) is 33.5 Å². The summed E-state index contributed by atoms with van der Waals surface area (Å²) in [6.45, 7) is 6.59. The van der Waals surface area contributed by atoms with Gasteiger partial charge in [0.15, 0.2) is 11.6 Å². The molecule has 4 aliphatic heterocycles. The Kier molecular flexibility index (Phi) is 8.26. The third-order valence-corrected chi connectivity index (χ3v) is 7.22.